The molecule has 5 heteroatoms. The molecule has 0 aromatic rings. The van der Waals surface area contributed by atoms with Crippen molar-refractivity contribution in [2.75, 3.05) is 13.2 Å². The highest BCUT2D eigenvalue weighted by Crippen LogP contribution is 1.90. The molecule has 0 atom stereocenters. The van der Waals surface area contributed by atoms with Crippen LogP contribution in [0.1, 0.15) is 12.8 Å². The highest BCUT2D eigenvalue weighted by atomic mass is 16.5. The number of alkyl carbamates (subject to hydrolysis) is 1. The molecule has 0 radical (unpaired) electrons. The molecule has 0 aliphatic heterocycles. The molecule has 0 aliphatic carbocycles. The van der Waals surface area contributed by atoms with Gasteiger partial charge in [-0.3, -0.25) is 4.79 Å². The van der Waals surface area contributed by atoms with Gasteiger partial charge < -0.3 is 15.2 Å². The average Bonchev–Trinajstić information content (AvgIpc) is 2.09. The third-order valence-corrected chi connectivity index (χ3v) is 1.17. The van der Waals surface area contributed by atoms with Crippen LogP contribution in [0.4, 0.5) is 4.79 Å². The van der Waals surface area contributed by atoms with Crippen LogP contribution < -0.4 is 5.32 Å². The fourth-order valence-corrected chi connectivity index (χ4v) is 0.591. The molecule has 1 amide bonds. The maximum atomic E-state index is 10.7. The summed E-state index contributed by atoms with van der Waals surface area (Å²) in [5.74, 6) is -1.09. The number of amides is 1. The molecular weight excluding hydrogens is 174 g/mol. The summed E-state index contributed by atoms with van der Waals surface area (Å²) < 4.78 is 4.63. The Morgan fingerprint density at radius 1 is 1.54 bits per heavy atom. The fraction of sp³-hybridized carbons (Fsp3) is 0.500. The van der Waals surface area contributed by atoms with Gasteiger partial charge in [0.15, 0.2) is 0 Å². The lowest BCUT2D eigenvalue weighted by Gasteiger charge is -2.03. The van der Waals surface area contributed by atoms with Gasteiger partial charge in [-0.25, -0.2) is 4.79 Å². The van der Waals surface area contributed by atoms with E-state index in [1.807, 2.05) is 0 Å². The van der Waals surface area contributed by atoms with Gasteiger partial charge in [-0.2, -0.15) is 0 Å². The predicted molar refractivity (Wildman–Crippen MR) is 46.4 cm³/mol. The number of unbranched alkanes of at least 4 members (excludes halogenated alkanes) is 1. The van der Waals surface area contributed by atoms with Crippen LogP contribution in [0, 0.1) is 0 Å². The highest BCUT2D eigenvalue weighted by molar-refractivity contribution is 5.76. The van der Waals surface area contributed by atoms with Gasteiger partial charge in [0.1, 0.15) is 6.54 Å². The molecule has 5 nitrogen and oxygen atoms in total. The number of carboxylic acids is 1. The van der Waals surface area contributed by atoms with Crippen LogP contribution in [0.3, 0.4) is 0 Å². The van der Waals surface area contributed by atoms with Gasteiger partial charge in [0.2, 0.25) is 0 Å². The summed E-state index contributed by atoms with van der Waals surface area (Å²) in [7, 11) is 0. The average molecular weight is 187 g/mol. The number of carboxylic acid groups (broad SMARTS) is 1. The smallest absolute Gasteiger partial charge is 0.407 e. The minimum absolute atomic E-state index is 0.275. The van der Waals surface area contributed by atoms with E-state index in [1.165, 1.54) is 0 Å². The molecule has 0 rings (SSSR count). The van der Waals surface area contributed by atoms with Gasteiger partial charge in [0.25, 0.3) is 0 Å². The topological polar surface area (TPSA) is 75.6 Å². The first-order valence-corrected chi connectivity index (χ1v) is 3.90. The Morgan fingerprint density at radius 2 is 2.23 bits per heavy atom. The molecular formula is C8H13NO4. The molecule has 13 heavy (non-hydrogen) atoms. The monoisotopic (exact) mass is 187 g/mol. The third kappa shape index (κ3) is 8.39. The van der Waals surface area contributed by atoms with Crippen LogP contribution in [0.15, 0.2) is 12.7 Å². The Kier molecular flexibility index (Phi) is 6.31. The van der Waals surface area contributed by atoms with E-state index in [0.717, 1.165) is 6.42 Å². The molecule has 0 aliphatic rings. The quantitative estimate of drug-likeness (QED) is 0.475. The number of nitrogens with one attached hydrogen (secondary N) is 1. The van der Waals surface area contributed by atoms with Crippen LogP contribution in [0.25, 0.3) is 0 Å². The Bertz CT molecular complexity index is 191. The summed E-state index contributed by atoms with van der Waals surface area (Å²) in [6.45, 7) is 3.36. The number of rotatable bonds is 6. The molecule has 0 spiro atoms. The van der Waals surface area contributed by atoms with Crippen molar-refractivity contribution in [3.63, 3.8) is 0 Å². The van der Waals surface area contributed by atoms with Crippen molar-refractivity contribution in [2.24, 2.45) is 0 Å². The molecule has 0 unspecified atom stereocenters. The zero-order valence-corrected chi connectivity index (χ0v) is 7.28. The maximum absolute atomic E-state index is 10.7. The summed E-state index contributed by atoms with van der Waals surface area (Å²) in [6.07, 6.45) is 2.49. The second kappa shape index (κ2) is 7.15. The van der Waals surface area contributed by atoms with Gasteiger partial charge in [-0.05, 0) is 12.8 Å². The van der Waals surface area contributed by atoms with Gasteiger partial charge >= 0.3 is 12.1 Å². The van der Waals surface area contributed by atoms with Crippen molar-refractivity contribution in [1.82, 2.24) is 5.32 Å². The van der Waals surface area contributed by atoms with E-state index in [-0.39, 0.29) is 6.61 Å². The lowest BCUT2D eigenvalue weighted by Crippen LogP contribution is -2.30. The number of carbonyl (C=O) groups excluding carboxylic acids is 1. The predicted octanol–water partition coefficient (Wildman–Crippen LogP) is 0.763. The SMILES string of the molecule is C=CCCCOC(=O)NCC(=O)O. The van der Waals surface area contributed by atoms with Crippen molar-refractivity contribution in [2.45, 2.75) is 12.8 Å². The highest BCUT2D eigenvalue weighted by Gasteiger charge is 2.02. The van der Waals surface area contributed by atoms with E-state index in [9.17, 15) is 9.59 Å². The molecule has 2 N–H and O–H groups in total. The molecule has 0 aromatic heterocycles. The number of ether oxygens (including phenoxy) is 1. The molecule has 0 heterocycles. The first kappa shape index (κ1) is 11.5. The van der Waals surface area contributed by atoms with E-state index in [0.29, 0.717) is 6.42 Å². The maximum Gasteiger partial charge on any atom is 0.407 e. The third-order valence-electron chi connectivity index (χ3n) is 1.17. The Labute approximate surface area is 76.4 Å². The lowest BCUT2D eigenvalue weighted by atomic mass is 10.3. The summed E-state index contributed by atoms with van der Waals surface area (Å²) >= 11 is 0. The van der Waals surface area contributed by atoms with Gasteiger partial charge in [0, 0.05) is 0 Å². The van der Waals surface area contributed by atoms with Crippen molar-refractivity contribution >= 4 is 12.1 Å². The molecule has 0 bridgehead atoms. The zero-order valence-electron chi connectivity index (χ0n) is 7.28. The number of aliphatic carboxylic acids is 1. The Balaban J connectivity index is 3.30. The van der Waals surface area contributed by atoms with E-state index >= 15 is 0 Å². The van der Waals surface area contributed by atoms with Gasteiger partial charge in [-0.1, -0.05) is 6.08 Å². The minimum atomic E-state index is -1.09. The second-order valence-electron chi connectivity index (χ2n) is 2.31. The van der Waals surface area contributed by atoms with Crippen molar-refractivity contribution in [1.29, 1.82) is 0 Å². The molecule has 0 aromatic carbocycles. The van der Waals surface area contributed by atoms with Crippen molar-refractivity contribution < 1.29 is 19.4 Å². The molecule has 0 saturated carbocycles. The molecule has 74 valence electrons. The van der Waals surface area contributed by atoms with Crippen LogP contribution >= 0.6 is 0 Å². The number of allylic oxidation sites excluding steroid dienone is 1. The standard InChI is InChI=1S/C8H13NO4/c1-2-3-4-5-13-8(12)9-6-7(10)11/h2H,1,3-6H2,(H,9,12)(H,10,11). The lowest BCUT2D eigenvalue weighted by molar-refractivity contribution is -0.135. The largest absolute Gasteiger partial charge is 0.480 e. The minimum Gasteiger partial charge on any atom is -0.480 e. The molecule has 0 fully saturated rings. The van der Waals surface area contributed by atoms with Gasteiger partial charge in [-0.15, -0.1) is 6.58 Å². The Hall–Kier alpha value is -1.52. The van der Waals surface area contributed by atoms with Crippen molar-refractivity contribution in [3.8, 4) is 0 Å². The number of hydrogen-bond donors (Lipinski definition) is 2. The number of carbonyl (C=O) groups is 2. The van der Waals surface area contributed by atoms with Crippen LogP contribution in [-0.2, 0) is 9.53 Å². The molecule has 0 saturated heterocycles. The van der Waals surface area contributed by atoms with Crippen LogP contribution in [0.5, 0.6) is 0 Å². The normalized spacial score (nSPS) is 8.92. The van der Waals surface area contributed by atoms with E-state index < -0.39 is 18.6 Å². The zero-order chi connectivity index (χ0) is 10.1. The summed E-state index contributed by atoms with van der Waals surface area (Å²) in [4.78, 5) is 20.7. The van der Waals surface area contributed by atoms with Crippen LogP contribution in [-0.4, -0.2) is 30.3 Å². The number of hydrogen-bond acceptors (Lipinski definition) is 3. The second-order valence-corrected chi connectivity index (χ2v) is 2.31. The van der Waals surface area contributed by atoms with Gasteiger partial charge in [0.05, 0.1) is 6.61 Å². The summed E-state index contributed by atoms with van der Waals surface area (Å²) in [6, 6.07) is 0. The Morgan fingerprint density at radius 3 is 2.77 bits per heavy atom. The fourth-order valence-electron chi connectivity index (χ4n) is 0.591. The first-order chi connectivity index (χ1) is 6.16. The van der Waals surface area contributed by atoms with E-state index in [4.69, 9.17) is 5.11 Å². The van der Waals surface area contributed by atoms with E-state index in [1.54, 1.807) is 6.08 Å². The van der Waals surface area contributed by atoms with Crippen LogP contribution in [0.2, 0.25) is 0 Å². The summed E-state index contributed by atoms with van der Waals surface area (Å²) in [5.41, 5.74) is 0. The first-order valence-electron chi connectivity index (χ1n) is 3.90. The van der Waals surface area contributed by atoms with Crippen molar-refractivity contribution in [3.05, 3.63) is 12.7 Å². The van der Waals surface area contributed by atoms with E-state index in [2.05, 4.69) is 16.6 Å². The summed E-state index contributed by atoms with van der Waals surface area (Å²) in [5, 5.41) is 10.3.